The summed E-state index contributed by atoms with van der Waals surface area (Å²) in [6.45, 7) is 5.55. The summed E-state index contributed by atoms with van der Waals surface area (Å²) in [5.41, 5.74) is 2.68. The highest BCUT2D eigenvalue weighted by Gasteiger charge is 2.21. The van der Waals surface area contributed by atoms with Crippen molar-refractivity contribution in [3.63, 3.8) is 0 Å². The molecule has 0 saturated carbocycles. The van der Waals surface area contributed by atoms with Crippen LogP contribution in [0.5, 0.6) is 0 Å². The van der Waals surface area contributed by atoms with Gasteiger partial charge in [0.15, 0.2) is 0 Å². The van der Waals surface area contributed by atoms with E-state index in [1.807, 2.05) is 0 Å². The molecule has 0 amide bonds. The average Bonchev–Trinajstić information content (AvgIpc) is 2.40. The van der Waals surface area contributed by atoms with Gasteiger partial charge in [-0.15, -0.1) is 0 Å². The van der Waals surface area contributed by atoms with E-state index in [9.17, 15) is 5.11 Å². The number of hydrogen-bond acceptors (Lipinski definition) is 3. The molecular weight excluding hydrogens is 214 g/mol. The van der Waals surface area contributed by atoms with Gasteiger partial charge in [0.05, 0.1) is 25.9 Å². The van der Waals surface area contributed by atoms with Crippen LogP contribution in [0.15, 0.2) is 24.3 Å². The van der Waals surface area contributed by atoms with Crippen molar-refractivity contribution in [3.05, 3.63) is 35.4 Å². The Morgan fingerprint density at radius 2 is 2.00 bits per heavy atom. The fourth-order valence-electron chi connectivity index (χ4n) is 2.18. The predicted octanol–water partition coefficient (Wildman–Crippen LogP) is 1.44. The second-order valence-electron chi connectivity index (χ2n) is 4.55. The van der Waals surface area contributed by atoms with E-state index in [4.69, 9.17) is 4.74 Å². The standard InChI is InChI=1S/C14H21NO2/c1-2-12-3-5-13(6-4-12)9-15-7-8-17-11-14(15)10-16/h3-6,14,16H,2,7-11H2,1H3/t14-/m1/s1. The molecule has 3 nitrogen and oxygen atoms in total. The van der Waals surface area contributed by atoms with Crippen molar-refractivity contribution < 1.29 is 9.84 Å². The Morgan fingerprint density at radius 3 is 2.65 bits per heavy atom. The molecule has 1 aliphatic rings. The van der Waals surface area contributed by atoms with Gasteiger partial charge >= 0.3 is 0 Å². The summed E-state index contributed by atoms with van der Waals surface area (Å²) in [4.78, 5) is 2.30. The lowest BCUT2D eigenvalue weighted by molar-refractivity contribution is -0.0312. The molecule has 1 fully saturated rings. The lowest BCUT2D eigenvalue weighted by Gasteiger charge is -2.34. The SMILES string of the molecule is CCc1ccc(CN2CCOC[C@H]2CO)cc1. The molecule has 1 heterocycles. The summed E-state index contributed by atoms with van der Waals surface area (Å²) in [5, 5.41) is 9.30. The highest BCUT2D eigenvalue weighted by molar-refractivity contribution is 5.22. The number of aryl methyl sites for hydroxylation is 1. The summed E-state index contributed by atoms with van der Waals surface area (Å²) in [6, 6.07) is 8.88. The highest BCUT2D eigenvalue weighted by Crippen LogP contribution is 2.13. The number of ether oxygens (including phenoxy) is 1. The number of nitrogens with zero attached hydrogens (tertiary/aromatic N) is 1. The summed E-state index contributed by atoms with van der Waals surface area (Å²) >= 11 is 0. The first kappa shape index (κ1) is 12.6. The van der Waals surface area contributed by atoms with Crippen molar-refractivity contribution in [2.75, 3.05) is 26.4 Å². The molecule has 0 bridgehead atoms. The maximum Gasteiger partial charge on any atom is 0.0644 e. The maximum absolute atomic E-state index is 9.30. The lowest BCUT2D eigenvalue weighted by atomic mass is 10.1. The molecular formula is C14H21NO2. The van der Waals surface area contributed by atoms with Crippen LogP contribution in [0.3, 0.4) is 0 Å². The second-order valence-corrected chi connectivity index (χ2v) is 4.55. The van der Waals surface area contributed by atoms with Crippen LogP contribution in [0.2, 0.25) is 0 Å². The molecule has 1 atom stereocenters. The van der Waals surface area contributed by atoms with Gasteiger partial charge in [-0.25, -0.2) is 0 Å². The van der Waals surface area contributed by atoms with Crippen molar-refractivity contribution in [3.8, 4) is 0 Å². The lowest BCUT2D eigenvalue weighted by Crippen LogP contribution is -2.46. The maximum atomic E-state index is 9.30. The van der Waals surface area contributed by atoms with E-state index in [0.29, 0.717) is 6.61 Å². The van der Waals surface area contributed by atoms with Crippen LogP contribution in [0.4, 0.5) is 0 Å². The van der Waals surface area contributed by atoms with Gasteiger partial charge in [0.25, 0.3) is 0 Å². The molecule has 0 unspecified atom stereocenters. The Bertz CT molecular complexity index is 337. The topological polar surface area (TPSA) is 32.7 Å². The van der Waals surface area contributed by atoms with Crippen molar-refractivity contribution >= 4 is 0 Å². The van der Waals surface area contributed by atoms with E-state index in [0.717, 1.165) is 26.1 Å². The number of hydrogen-bond donors (Lipinski definition) is 1. The molecule has 0 aliphatic carbocycles. The third kappa shape index (κ3) is 3.28. The van der Waals surface area contributed by atoms with Gasteiger partial charge in [0.1, 0.15) is 0 Å². The minimum Gasteiger partial charge on any atom is -0.395 e. The summed E-state index contributed by atoms with van der Waals surface area (Å²) in [5.74, 6) is 0. The van der Waals surface area contributed by atoms with Crippen molar-refractivity contribution in [2.24, 2.45) is 0 Å². The second kappa shape index (κ2) is 6.15. The largest absolute Gasteiger partial charge is 0.395 e. The Hall–Kier alpha value is -0.900. The van der Waals surface area contributed by atoms with E-state index in [1.165, 1.54) is 11.1 Å². The van der Waals surface area contributed by atoms with E-state index in [1.54, 1.807) is 0 Å². The first-order chi connectivity index (χ1) is 8.33. The molecule has 94 valence electrons. The number of aliphatic hydroxyl groups excluding tert-OH is 1. The smallest absolute Gasteiger partial charge is 0.0644 e. The fraction of sp³-hybridized carbons (Fsp3) is 0.571. The fourth-order valence-corrected chi connectivity index (χ4v) is 2.18. The van der Waals surface area contributed by atoms with Gasteiger partial charge in [0, 0.05) is 13.1 Å². The first-order valence-electron chi connectivity index (χ1n) is 6.34. The van der Waals surface area contributed by atoms with Crippen LogP contribution >= 0.6 is 0 Å². The van der Waals surface area contributed by atoms with Crippen molar-refractivity contribution in [1.29, 1.82) is 0 Å². The zero-order chi connectivity index (χ0) is 12.1. The Kier molecular flexibility index (Phi) is 4.54. The van der Waals surface area contributed by atoms with Gasteiger partial charge in [-0.2, -0.15) is 0 Å². The van der Waals surface area contributed by atoms with E-state index in [-0.39, 0.29) is 12.6 Å². The van der Waals surface area contributed by atoms with E-state index < -0.39 is 0 Å². The van der Waals surface area contributed by atoms with Crippen LogP contribution in [-0.2, 0) is 17.7 Å². The molecule has 1 N–H and O–H groups in total. The third-order valence-electron chi connectivity index (χ3n) is 3.38. The highest BCUT2D eigenvalue weighted by atomic mass is 16.5. The van der Waals surface area contributed by atoms with Crippen LogP contribution in [-0.4, -0.2) is 42.4 Å². The van der Waals surface area contributed by atoms with Gasteiger partial charge < -0.3 is 9.84 Å². The predicted molar refractivity (Wildman–Crippen MR) is 67.9 cm³/mol. The molecule has 1 aromatic carbocycles. The van der Waals surface area contributed by atoms with E-state index >= 15 is 0 Å². The van der Waals surface area contributed by atoms with Crippen LogP contribution in [0.1, 0.15) is 18.1 Å². The summed E-state index contributed by atoms with van der Waals surface area (Å²) < 4.78 is 5.38. The normalized spacial score (nSPS) is 21.6. The van der Waals surface area contributed by atoms with Gasteiger partial charge in [-0.1, -0.05) is 31.2 Å². The molecule has 0 spiro atoms. The van der Waals surface area contributed by atoms with Crippen LogP contribution in [0.25, 0.3) is 0 Å². The van der Waals surface area contributed by atoms with Gasteiger partial charge in [-0.3, -0.25) is 4.90 Å². The quantitative estimate of drug-likeness (QED) is 0.857. The Balaban J connectivity index is 1.98. The van der Waals surface area contributed by atoms with Crippen molar-refractivity contribution in [1.82, 2.24) is 4.90 Å². The number of morpholine rings is 1. The minimum absolute atomic E-state index is 0.148. The van der Waals surface area contributed by atoms with Crippen LogP contribution < -0.4 is 0 Å². The van der Waals surface area contributed by atoms with Gasteiger partial charge in [0.2, 0.25) is 0 Å². The van der Waals surface area contributed by atoms with Crippen molar-refractivity contribution in [2.45, 2.75) is 25.9 Å². The summed E-state index contributed by atoms with van der Waals surface area (Å²) in [7, 11) is 0. The zero-order valence-corrected chi connectivity index (χ0v) is 10.4. The average molecular weight is 235 g/mol. The summed E-state index contributed by atoms with van der Waals surface area (Å²) in [6.07, 6.45) is 1.08. The van der Waals surface area contributed by atoms with Crippen LogP contribution in [0, 0.1) is 0 Å². The Morgan fingerprint density at radius 1 is 1.29 bits per heavy atom. The Labute approximate surface area is 103 Å². The third-order valence-corrected chi connectivity index (χ3v) is 3.38. The molecule has 1 saturated heterocycles. The van der Waals surface area contributed by atoms with Gasteiger partial charge in [-0.05, 0) is 17.5 Å². The molecule has 2 rings (SSSR count). The molecule has 0 radical (unpaired) electrons. The minimum atomic E-state index is 0.148. The first-order valence-corrected chi connectivity index (χ1v) is 6.34. The number of benzene rings is 1. The van der Waals surface area contributed by atoms with E-state index in [2.05, 4.69) is 36.1 Å². The monoisotopic (exact) mass is 235 g/mol. The number of aliphatic hydroxyl groups is 1. The molecule has 1 aliphatic heterocycles. The molecule has 17 heavy (non-hydrogen) atoms. The molecule has 3 heteroatoms. The zero-order valence-electron chi connectivity index (χ0n) is 10.4. The molecule has 0 aromatic heterocycles. The number of rotatable bonds is 4. The molecule has 1 aromatic rings.